The molecule has 0 aliphatic heterocycles. The van der Waals surface area contributed by atoms with Crippen molar-refractivity contribution in [3.05, 3.63) is 29.8 Å². The zero-order valence-electron chi connectivity index (χ0n) is 10.6. The van der Waals surface area contributed by atoms with E-state index in [9.17, 15) is 18.0 Å². The standard InChI is InChI=1S/C12H15F3N2O3/c1-20-9-5-3-2-4-7(9)10(8(16)6-18)17-11(19)12(13,14)15/h2-5,8,10,18H,6,16H2,1H3,(H,17,19). The van der Waals surface area contributed by atoms with Crippen molar-refractivity contribution in [1.29, 1.82) is 0 Å². The molecule has 0 aliphatic rings. The lowest BCUT2D eigenvalue weighted by atomic mass is 9.99. The van der Waals surface area contributed by atoms with E-state index in [0.717, 1.165) is 0 Å². The molecule has 2 unspecified atom stereocenters. The maximum Gasteiger partial charge on any atom is 0.471 e. The number of methoxy groups -OCH3 is 1. The minimum absolute atomic E-state index is 0.258. The second-order valence-corrected chi connectivity index (χ2v) is 4.04. The molecule has 1 amide bonds. The number of benzene rings is 1. The maximum absolute atomic E-state index is 12.3. The van der Waals surface area contributed by atoms with Crippen molar-refractivity contribution in [3.8, 4) is 5.75 Å². The molecule has 0 fully saturated rings. The van der Waals surface area contributed by atoms with E-state index in [1.807, 2.05) is 0 Å². The third-order valence-corrected chi connectivity index (χ3v) is 2.66. The molecule has 0 aliphatic carbocycles. The number of amides is 1. The van der Waals surface area contributed by atoms with Gasteiger partial charge in [-0.3, -0.25) is 4.79 Å². The summed E-state index contributed by atoms with van der Waals surface area (Å²) in [4.78, 5) is 11.1. The van der Waals surface area contributed by atoms with Gasteiger partial charge in [0, 0.05) is 5.56 Å². The summed E-state index contributed by atoms with van der Waals surface area (Å²) in [6.45, 7) is -0.596. The zero-order valence-corrected chi connectivity index (χ0v) is 10.6. The monoisotopic (exact) mass is 292 g/mol. The molecule has 0 spiro atoms. The van der Waals surface area contributed by atoms with Gasteiger partial charge in [-0.15, -0.1) is 0 Å². The van der Waals surface area contributed by atoms with Gasteiger partial charge in [0.25, 0.3) is 0 Å². The highest BCUT2D eigenvalue weighted by Gasteiger charge is 2.41. The fourth-order valence-corrected chi connectivity index (χ4v) is 1.67. The lowest BCUT2D eigenvalue weighted by molar-refractivity contribution is -0.174. The molecule has 0 heterocycles. The van der Waals surface area contributed by atoms with E-state index in [2.05, 4.69) is 0 Å². The van der Waals surface area contributed by atoms with E-state index in [4.69, 9.17) is 15.6 Å². The Morgan fingerprint density at radius 3 is 2.55 bits per heavy atom. The molecule has 5 nitrogen and oxygen atoms in total. The van der Waals surface area contributed by atoms with E-state index >= 15 is 0 Å². The quantitative estimate of drug-likeness (QED) is 0.747. The van der Waals surface area contributed by atoms with Crippen molar-refractivity contribution in [3.63, 3.8) is 0 Å². The van der Waals surface area contributed by atoms with Crippen LogP contribution in [0.25, 0.3) is 0 Å². The first-order valence-corrected chi connectivity index (χ1v) is 5.68. The van der Waals surface area contributed by atoms with E-state index < -0.39 is 30.8 Å². The van der Waals surface area contributed by atoms with Crippen LogP contribution < -0.4 is 15.8 Å². The number of nitrogens with one attached hydrogen (secondary N) is 1. The number of ether oxygens (including phenoxy) is 1. The number of aliphatic hydroxyl groups is 1. The normalized spacial score (nSPS) is 14.5. The zero-order chi connectivity index (χ0) is 15.3. The van der Waals surface area contributed by atoms with Crippen molar-refractivity contribution < 1.29 is 27.8 Å². The van der Waals surface area contributed by atoms with Crippen molar-refractivity contribution in [1.82, 2.24) is 5.32 Å². The molecule has 8 heteroatoms. The number of nitrogens with two attached hydrogens (primary N) is 1. The van der Waals surface area contributed by atoms with Gasteiger partial charge in [-0.25, -0.2) is 0 Å². The largest absolute Gasteiger partial charge is 0.496 e. The highest BCUT2D eigenvalue weighted by molar-refractivity contribution is 5.82. The summed E-state index contributed by atoms with van der Waals surface area (Å²) in [5, 5.41) is 10.8. The topological polar surface area (TPSA) is 84.6 Å². The molecule has 4 N–H and O–H groups in total. The number of rotatable bonds is 5. The number of hydrogen-bond donors (Lipinski definition) is 3. The lowest BCUT2D eigenvalue weighted by Crippen LogP contribution is -2.47. The van der Waals surface area contributed by atoms with Gasteiger partial charge in [0.2, 0.25) is 0 Å². The average Bonchev–Trinajstić information content (AvgIpc) is 2.42. The summed E-state index contributed by atoms with van der Waals surface area (Å²) in [5.41, 5.74) is 5.84. The van der Waals surface area contributed by atoms with Gasteiger partial charge < -0.3 is 20.9 Å². The first-order chi connectivity index (χ1) is 9.31. The van der Waals surface area contributed by atoms with Crippen LogP contribution in [0.3, 0.4) is 0 Å². The predicted octanol–water partition coefficient (Wildman–Crippen LogP) is 0.734. The second kappa shape index (κ2) is 6.58. The predicted molar refractivity (Wildman–Crippen MR) is 65.0 cm³/mol. The van der Waals surface area contributed by atoms with Crippen LogP contribution in [0.15, 0.2) is 24.3 Å². The molecule has 2 atom stereocenters. The minimum Gasteiger partial charge on any atom is -0.496 e. The molecule has 1 aromatic rings. The number of halogens is 3. The molecule has 20 heavy (non-hydrogen) atoms. The van der Waals surface area contributed by atoms with Crippen LogP contribution in [0, 0.1) is 0 Å². The SMILES string of the molecule is COc1ccccc1C(NC(=O)C(F)(F)F)C(N)CO. The summed E-state index contributed by atoms with van der Waals surface area (Å²) < 4.78 is 42.0. The summed E-state index contributed by atoms with van der Waals surface area (Å²) in [7, 11) is 1.34. The lowest BCUT2D eigenvalue weighted by Gasteiger charge is -2.26. The Kier molecular flexibility index (Phi) is 5.34. The number of aliphatic hydroxyl groups excluding tert-OH is 1. The second-order valence-electron chi connectivity index (χ2n) is 4.04. The molecule has 1 aromatic carbocycles. The van der Waals surface area contributed by atoms with E-state index in [1.165, 1.54) is 19.2 Å². The van der Waals surface area contributed by atoms with Crippen LogP contribution in [0.4, 0.5) is 13.2 Å². The van der Waals surface area contributed by atoms with Crippen LogP contribution in [-0.4, -0.2) is 36.9 Å². The molecule has 0 saturated carbocycles. The van der Waals surface area contributed by atoms with Crippen molar-refractivity contribution in [2.75, 3.05) is 13.7 Å². The van der Waals surface area contributed by atoms with Gasteiger partial charge in [0.1, 0.15) is 5.75 Å². The summed E-state index contributed by atoms with van der Waals surface area (Å²) in [5.74, 6) is -1.86. The third kappa shape index (κ3) is 3.84. The molecule has 0 radical (unpaired) electrons. The van der Waals surface area contributed by atoms with Gasteiger partial charge in [-0.1, -0.05) is 18.2 Å². The van der Waals surface area contributed by atoms with Gasteiger partial charge in [-0.2, -0.15) is 13.2 Å². The number of carbonyl (C=O) groups excluding carboxylic acids is 1. The van der Waals surface area contributed by atoms with Crippen molar-refractivity contribution in [2.45, 2.75) is 18.3 Å². The van der Waals surface area contributed by atoms with E-state index in [1.54, 1.807) is 17.4 Å². The van der Waals surface area contributed by atoms with Crippen LogP contribution >= 0.6 is 0 Å². The highest BCUT2D eigenvalue weighted by Crippen LogP contribution is 2.27. The first-order valence-electron chi connectivity index (χ1n) is 5.68. The highest BCUT2D eigenvalue weighted by atomic mass is 19.4. The number of alkyl halides is 3. The fourth-order valence-electron chi connectivity index (χ4n) is 1.67. The van der Waals surface area contributed by atoms with Crippen LogP contribution in [0.5, 0.6) is 5.75 Å². The molecular weight excluding hydrogens is 277 g/mol. The van der Waals surface area contributed by atoms with Crippen LogP contribution in [-0.2, 0) is 4.79 Å². The average molecular weight is 292 g/mol. The Bertz CT molecular complexity index is 466. The number of hydrogen-bond acceptors (Lipinski definition) is 4. The molecule has 112 valence electrons. The van der Waals surface area contributed by atoms with Crippen molar-refractivity contribution in [2.24, 2.45) is 5.73 Å². The number of carbonyl (C=O) groups is 1. The Balaban J connectivity index is 3.10. The molecule has 0 aromatic heterocycles. The van der Waals surface area contributed by atoms with Crippen LogP contribution in [0.1, 0.15) is 11.6 Å². The molecular formula is C12H15F3N2O3. The Hall–Kier alpha value is -1.80. The molecule has 1 rings (SSSR count). The Labute approximate surface area is 113 Å². The molecule has 0 saturated heterocycles. The Morgan fingerprint density at radius 1 is 1.45 bits per heavy atom. The van der Waals surface area contributed by atoms with Gasteiger partial charge in [-0.05, 0) is 6.07 Å². The van der Waals surface area contributed by atoms with Gasteiger partial charge >= 0.3 is 12.1 Å². The van der Waals surface area contributed by atoms with Gasteiger partial charge in [0.15, 0.2) is 0 Å². The summed E-state index contributed by atoms with van der Waals surface area (Å²) >= 11 is 0. The summed E-state index contributed by atoms with van der Waals surface area (Å²) in [6, 6.07) is 3.86. The molecule has 0 bridgehead atoms. The Morgan fingerprint density at radius 2 is 2.05 bits per heavy atom. The van der Waals surface area contributed by atoms with Crippen LogP contribution in [0.2, 0.25) is 0 Å². The summed E-state index contributed by atoms with van der Waals surface area (Å²) in [6.07, 6.45) is -5.03. The smallest absolute Gasteiger partial charge is 0.471 e. The van der Waals surface area contributed by atoms with Gasteiger partial charge in [0.05, 0.1) is 25.8 Å². The fraction of sp³-hybridized carbons (Fsp3) is 0.417. The van der Waals surface area contributed by atoms with E-state index in [-0.39, 0.29) is 11.3 Å². The third-order valence-electron chi connectivity index (χ3n) is 2.66. The first kappa shape index (κ1) is 16.3. The maximum atomic E-state index is 12.3. The minimum atomic E-state index is -5.03. The number of para-hydroxylation sites is 1. The van der Waals surface area contributed by atoms with Crippen molar-refractivity contribution >= 4 is 5.91 Å². The van der Waals surface area contributed by atoms with E-state index in [0.29, 0.717) is 0 Å².